The predicted molar refractivity (Wildman–Crippen MR) is 62.6 cm³/mol. The number of likely N-dealkylation sites (N-methyl/N-ethyl adjacent to an activating group) is 1. The fourth-order valence-corrected chi connectivity index (χ4v) is 2.50. The van der Waals surface area contributed by atoms with Crippen molar-refractivity contribution in [2.75, 3.05) is 11.9 Å². The Morgan fingerprint density at radius 1 is 1.44 bits per heavy atom. The van der Waals surface area contributed by atoms with E-state index in [1.165, 1.54) is 13.0 Å². The Labute approximate surface area is 103 Å². The second-order valence-corrected chi connectivity index (χ2v) is 4.68. The zero-order chi connectivity index (χ0) is 13.5. The third-order valence-electron chi connectivity index (χ3n) is 3.35. The molecule has 1 aromatic carbocycles. The van der Waals surface area contributed by atoms with E-state index in [0.29, 0.717) is 11.3 Å². The normalized spacial score (nSPS) is 18.9. The first-order chi connectivity index (χ1) is 8.30. The molecule has 0 amide bonds. The zero-order valence-corrected chi connectivity index (χ0v) is 10.2. The Bertz CT molecular complexity index is 482. The molecule has 1 atom stereocenters. The molecule has 1 aliphatic rings. The summed E-state index contributed by atoms with van der Waals surface area (Å²) in [6.07, 6.45) is -3.78. The number of anilines is 1. The van der Waals surface area contributed by atoms with Crippen LogP contribution in [0.3, 0.4) is 0 Å². The largest absolute Gasteiger partial charge is 0.416 e. The number of hydrogen-bond donors (Lipinski definition) is 0. The summed E-state index contributed by atoms with van der Waals surface area (Å²) < 4.78 is 38.6. The van der Waals surface area contributed by atoms with Gasteiger partial charge in [0.2, 0.25) is 0 Å². The fourth-order valence-electron chi connectivity index (χ4n) is 2.50. The number of carbonyl (C=O) groups excluding carboxylic acids is 1. The summed E-state index contributed by atoms with van der Waals surface area (Å²) in [4.78, 5) is 12.9. The van der Waals surface area contributed by atoms with Crippen LogP contribution in [0.15, 0.2) is 18.2 Å². The Kier molecular flexibility index (Phi) is 3.09. The smallest absolute Gasteiger partial charge is 0.371 e. The number of rotatable bonds is 2. The Balaban J connectivity index is 2.39. The van der Waals surface area contributed by atoms with E-state index in [4.69, 9.17) is 0 Å². The molecule has 1 unspecified atom stereocenters. The van der Waals surface area contributed by atoms with Crippen LogP contribution >= 0.6 is 0 Å². The average Bonchev–Trinajstić information content (AvgIpc) is 2.54. The topological polar surface area (TPSA) is 20.3 Å². The minimum atomic E-state index is -4.34. The molecule has 2 nitrogen and oxygen atoms in total. The first kappa shape index (κ1) is 12.9. The van der Waals surface area contributed by atoms with Crippen molar-refractivity contribution < 1.29 is 18.0 Å². The molecule has 1 aromatic rings. The van der Waals surface area contributed by atoms with Crippen LogP contribution in [-0.2, 0) is 17.4 Å². The molecule has 1 heterocycles. The molecule has 98 valence electrons. The molecular weight excluding hydrogens is 243 g/mol. The van der Waals surface area contributed by atoms with Crippen molar-refractivity contribution in [3.63, 3.8) is 0 Å². The summed E-state index contributed by atoms with van der Waals surface area (Å²) in [5.74, 6) is -0.00628. The van der Waals surface area contributed by atoms with Crippen molar-refractivity contribution >= 4 is 11.5 Å². The predicted octanol–water partition coefficient (Wildman–Crippen LogP) is 3.05. The number of benzene rings is 1. The summed E-state index contributed by atoms with van der Waals surface area (Å²) in [5.41, 5.74) is 0.299. The van der Waals surface area contributed by atoms with E-state index in [0.717, 1.165) is 6.07 Å². The van der Waals surface area contributed by atoms with Crippen LogP contribution in [0.4, 0.5) is 18.9 Å². The standard InChI is InChI=1S/C13H14F3NO/c1-8(18)6-9-7-10-11(13(14,15)16)4-3-5-12(10)17(9)2/h3-5,9H,6-7H2,1-2H3. The highest BCUT2D eigenvalue weighted by Gasteiger charge is 2.38. The Hall–Kier alpha value is -1.52. The number of alkyl halides is 3. The number of hydrogen-bond acceptors (Lipinski definition) is 2. The quantitative estimate of drug-likeness (QED) is 0.811. The van der Waals surface area contributed by atoms with E-state index in [-0.39, 0.29) is 24.7 Å². The lowest BCUT2D eigenvalue weighted by atomic mass is 10.0. The van der Waals surface area contributed by atoms with Crippen LogP contribution in [0.5, 0.6) is 0 Å². The van der Waals surface area contributed by atoms with Crippen molar-refractivity contribution in [3.8, 4) is 0 Å². The fraction of sp³-hybridized carbons (Fsp3) is 0.462. The summed E-state index contributed by atoms with van der Waals surface area (Å²) >= 11 is 0. The minimum Gasteiger partial charge on any atom is -0.371 e. The number of Topliss-reactive ketones (excluding diaryl/α,β-unsaturated/α-hetero) is 1. The van der Waals surface area contributed by atoms with E-state index >= 15 is 0 Å². The van der Waals surface area contributed by atoms with Gasteiger partial charge in [-0.1, -0.05) is 6.07 Å². The summed E-state index contributed by atoms with van der Waals surface area (Å²) in [5, 5.41) is 0. The molecule has 1 aliphatic heterocycles. The molecule has 0 bridgehead atoms. The van der Waals surface area contributed by atoms with Gasteiger partial charge in [0.05, 0.1) is 5.56 Å². The maximum Gasteiger partial charge on any atom is 0.416 e. The average molecular weight is 257 g/mol. The van der Waals surface area contributed by atoms with Crippen LogP contribution in [0, 0.1) is 0 Å². The van der Waals surface area contributed by atoms with Crippen LogP contribution in [0.1, 0.15) is 24.5 Å². The van der Waals surface area contributed by atoms with E-state index in [1.807, 2.05) is 0 Å². The molecule has 18 heavy (non-hydrogen) atoms. The number of ketones is 1. The summed E-state index contributed by atoms with van der Waals surface area (Å²) in [6, 6.07) is 4.02. The van der Waals surface area contributed by atoms with Crippen LogP contribution in [0.25, 0.3) is 0 Å². The minimum absolute atomic E-state index is 0.00628. The molecule has 0 spiro atoms. The van der Waals surface area contributed by atoms with Crippen LogP contribution in [-0.4, -0.2) is 18.9 Å². The van der Waals surface area contributed by atoms with E-state index in [1.54, 1.807) is 18.0 Å². The molecule has 2 rings (SSSR count). The molecule has 0 N–H and O–H groups in total. The van der Waals surface area contributed by atoms with Gasteiger partial charge in [0, 0.05) is 25.2 Å². The highest BCUT2D eigenvalue weighted by atomic mass is 19.4. The molecular formula is C13H14F3NO. The zero-order valence-electron chi connectivity index (χ0n) is 10.2. The second-order valence-electron chi connectivity index (χ2n) is 4.68. The number of fused-ring (bicyclic) bond motifs is 1. The number of carbonyl (C=O) groups is 1. The van der Waals surface area contributed by atoms with Crippen LogP contribution in [0.2, 0.25) is 0 Å². The highest BCUT2D eigenvalue weighted by molar-refractivity contribution is 5.78. The third kappa shape index (κ3) is 2.21. The lowest BCUT2D eigenvalue weighted by molar-refractivity contribution is -0.138. The third-order valence-corrected chi connectivity index (χ3v) is 3.35. The Morgan fingerprint density at radius 3 is 2.67 bits per heavy atom. The van der Waals surface area contributed by atoms with Crippen molar-refractivity contribution in [2.45, 2.75) is 32.0 Å². The monoisotopic (exact) mass is 257 g/mol. The van der Waals surface area contributed by atoms with Gasteiger partial charge in [-0.05, 0) is 31.0 Å². The maximum atomic E-state index is 12.9. The highest BCUT2D eigenvalue weighted by Crippen LogP contribution is 2.41. The lowest BCUT2D eigenvalue weighted by Crippen LogP contribution is -2.29. The maximum absolute atomic E-state index is 12.9. The summed E-state index contributed by atoms with van der Waals surface area (Å²) in [6.45, 7) is 1.46. The van der Waals surface area contributed by atoms with Crippen molar-refractivity contribution in [1.29, 1.82) is 0 Å². The van der Waals surface area contributed by atoms with Gasteiger partial charge in [0.1, 0.15) is 5.78 Å². The first-order valence-electron chi connectivity index (χ1n) is 5.72. The van der Waals surface area contributed by atoms with Gasteiger partial charge in [-0.2, -0.15) is 13.2 Å². The first-order valence-corrected chi connectivity index (χ1v) is 5.72. The van der Waals surface area contributed by atoms with Crippen LogP contribution < -0.4 is 4.90 Å². The molecule has 5 heteroatoms. The molecule has 0 saturated heterocycles. The van der Waals surface area contributed by atoms with Gasteiger partial charge >= 0.3 is 6.18 Å². The molecule has 0 aliphatic carbocycles. The molecule has 0 saturated carbocycles. The van der Waals surface area contributed by atoms with E-state index < -0.39 is 11.7 Å². The van der Waals surface area contributed by atoms with Gasteiger partial charge in [0.25, 0.3) is 0 Å². The van der Waals surface area contributed by atoms with Crippen molar-refractivity contribution in [2.24, 2.45) is 0 Å². The van der Waals surface area contributed by atoms with Gasteiger partial charge in [-0.3, -0.25) is 4.79 Å². The van der Waals surface area contributed by atoms with E-state index in [2.05, 4.69) is 0 Å². The second kappa shape index (κ2) is 4.30. The molecule has 0 aromatic heterocycles. The van der Waals surface area contributed by atoms with Gasteiger partial charge in [-0.25, -0.2) is 0 Å². The number of nitrogens with zero attached hydrogens (tertiary/aromatic N) is 1. The Morgan fingerprint density at radius 2 is 2.11 bits per heavy atom. The molecule has 0 radical (unpaired) electrons. The van der Waals surface area contributed by atoms with E-state index in [9.17, 15) is 18.0 Å². The number of halogens is 3. The van der Waals surface area contributed by atoms with Crippen molar-refractivity contribution in [1.82, 2.24) is 0 Å². The van der Waals surface area contributed by atoms with Gasteiger partial charge in [0.15, 0.2) is 0 Å². The van der Waals surface area contributed by atoms with Gasteiger partial charge in [-0.15, -0.1) is 0 Å². The lowest BCUT2D eigenvalue weighted by Gasteiger charge is -2.21. The summed E-state index contributed by atoms with van der Waals surface area (Å²) in [7, 11) is 1.74. The van der Waals surface area contributed by atoms with Gasteiger partial charge < -0.3 is 4.90 Å². The van der Waals surface area contributed by atoms with Crippen molar-refractivity contribution in [3.05, 3.63) is 29.3 Å². The molecule has 0 fully saturated rings. The SMILES string of the molecule is CC(=O)CC1Cc2c(cccc2C(F)(F)F)N1C.